The standard InChI is InChI=1S/C26H23Ge/c27-26(23-17-9-3-10-18-23,24-19-11-4-12-20-24)25(21-13-5-1-6-14-21)22-15-7-2-8-16-22/h1-20,25H,27H2. The average molecular weight is 408 g/mol. The Bertz CT molecular complexity index is 885. The quantitative estimate of drug-likeness (QED) is 0.389. The van der Waals surface area contributed by atoms with E-state index in [1.54, 1.807) is 0 Å². The van der Waals surface area contributed by atoms with Crippen molar-refractivity contribution in [2.75, 3.05) is 0 Å². The Morgan fingerprint density at radius 3 is 1.07 bits per heavy atom. The first kappa shape index (κ1) is 17.8. The van der Waals surface area contributed by atoms with Gasteiger partial charge in [-0.25, -0.2) is 0 Å². The van der Waals surface area contributed by atoms with Crippen molar-refractivity contribution in [3.63, 3.8) is 0 Å². The third kappa shape index (κ3) is 3.50. The van der Waals surface area contributed by atoms with Crippen LogP contribution in [-0.4, -0.2) is 16.5 Å². The van der Waals surface area contributed by atoms with E-state index in [0.29, 0.717) is 0 Å². The Morgan fingerprint density at radius 1 is 0.444 bits per heavy atom. The number of hydrogen-bond acceptors (Lipinski definition) is 0. The molecule has 0 saturated carbocycles. The molecule has 0 N–H and O–H groups in total. The fourth-order valence-corrected chi connectivity index (χ4v) is 6.00. The summed E-state index contributed by atoms with van der Waals surface area (Å²) in [5.74, 6) is 0.268. The number of rotatable bonds is 5. The second-order valence-electron chi connectivity index (χ2n) is 6.96. The summed E-state index contributed by atoms with van der Waals surface area (Å²) in [7, 11) is 0. The Morgan fingerprint density at radius 2 is 0.741 bits per heavy atom. The van der Waals surface area contributed by atoms with Gasteiger partial charge in [-0.2, -0.15) is 0 Å². The van der Waals surface area contributed by atoms with E-state index in [-0.39, 0.29) is 10.2 Å². The molecule has 0 aliphatic rings. The molecule has 0 spiro atoms. The molecule has 1 radical (unpaired) electrons. The topological polar surface area (TPSA) is 0 Å². The SMILES string of the molecule is [GeH2][C](c1ccccc1)(c1ccccc1)C(c1ccccc1)c1ccccc1. The zero-order valence-electron chi connectivity index (χ0n) is 15.3. The van der Waals surface area contributed by atoms with Crippen LogP contribution in [-0.2, 0) is 4.25 Å². The Hall–Kier alpha value is -2.58. The van der Waals surface area contributed by atoms with Crippen molar-refractivity contribution in [3.05, 3.63) is 144 Å². The van der Waals surface area contributed by atoms with Gasteiger partial charge in [-0.05, 0) is 0 Å². The molecule has 0 saturated heterocycles. The van der Waals surface area contributed by atoms with Crippen LogP contribution in [0.15, 0.2) is 121 Å². The fourth-order valence-electron chi connectivity index (χ4n) is 4.02. The van der Waals surface area contributed by atoms with Gasteiger partial charge in [-0.1, -0.05) is 0 Å². The first-order valence-electron chi connectivity index (χ1n) is 9.36. The normalized spacial score (nSPS) is 11.5. The van der Waals surface area contributed by atoms with E-state index in [9.17, 15) is 0 Å². The fraction of sp³-hybridized carbons (Fsp3) is 0.0769. The first-order valence-corrected chi connectivity index (χ1v) is 10.8. The van der Waals surface area contributed by atoms with Crippen LogP contribution in [0, 0.1) is 0 Å². The van der Waals surface area contributed by atoms with E-state index in [2.05, 4.69) is 121 Å². The molecule has 0 heterocycles. The molecule has 0 fully saturated rings. The molecule has 0 aromatic heterocycles. The average Bonchev–Trinajstić information content (AvgIpc) is 2.76. The molecule has 0 unspecified atom stereocenters. The van der Waals surface area contributed by atoms with Crippen LogP contribution in [0.5, 0.6) is 0 Å². The Balaban J connectivity index is 2.01. The van der Waals surface area contributed by atoms with Crippen LogP contribution in [0.3, 0.4) is 0 Å². The van der Waals surface area contributed by atoms with Crippen LogP contribution < -0.4 is 0 Å². The van der Waals surface area contributed by atoms with Gasteiger partial charge in [0.1, 0.15) is 0 Å². The van der Waals surface area contributed by atoms with Crippen molar-refractivity contribution in [2.24, 2.45) is 0 Å². The van der Waals surface area contributed by atoms with Crippen LogP contribution in [0.4, 0.5) is 0 Å². The summed E-state index contributed by atoms with van der Waals surface area (Å²) in [4.78, 5) is 0. The van der Waals surface area contributed by atoms with Gasteiger partial charge in [0.05, 0.1) is 0 Å². The molecule has 4 aromatic carbocycles. The van der Waals surface area contributed by atoms with E-state index in [0.717, 1.165) is 16.5 Å². The Labute approximate surface area is 170 Å². The summed E-state index contributed by atoms with van der Waals surface area (Å²) in [5, 5.41) is 0. The molecule has 0 aliphatic carbocycles. The molecule has 0 aliphatic heterocycles. The van der Waals surface area contributed by atoms with Crippen LogP contribution >= 0.6 is 0 Å². The molecular formula is C26H23Ge. The van der Waals surface area contributed by atoms with E-state index in [1.165, 1.54) is 22.3 Å². The minimum absolute atomic E-state index is 0.0643. The Kier molecular flexibility index (Phi) is 5.26. The number of hydrogen-bond donors (Lipinski definition) is 0. The summed E-state index contributed by atoms with van der Waals surface area (Å²) >= 11 is 1.13. The summed E-state index contributed by atoms with van der Waals surface area (Å²) in [6.07, 6.45) is 0. The molecular weight excluding hydrogens is 385 g/mol. The molecule has 4 rings (SSSR count). The summed E-state index contributed by atoms with van der Waals surface area (Å²) in [6, 6.07) is 43.9. The summed E-state index contributed by atoms with van der Waals surface area (Å²) in [6.45, 7) is 0. The van der Waals surface area contributed by atoms with Gasteiger partial charge in [-0.3, -0.25) is 0 Å². The van der Waals surface area contributed by atoms with E-state index < -0.39 is 0 Å². The first-order chi connectivity index (χ1) is 13.3. The molecule has 4 aromatic rings. The van der Waals surface area contributed by atoms with Crippen molar-refractivity contribution in [1.82, 2.24) is 0 Å². The molecule has 1 heteroatoms. The minimum atomic E-state index is -0.0643. The van der Waals surface area contributed by atoms with Gasteiger partial charge >= 0.3 is 170 Å². The van der Waals surface area contributed by atoms with Crippen LogP contribution in [0.1, 0.15) is 28.2 Å². The zero-order chi connectivity index (χ0) is 18.5. The molecule has 27 heavy (non-hydrogen) atoms. The summed E-state index contributed by atoms with van der Waals surface area (Å²) < 4.78 is -0.0643. The van der Waals surface area contributed by atoms with Crippen molar-refractivity contribution >= 4 is 16.5 Å². The molecule has 131 valence electrons. The molecule has 0 amide bonds. The van der Waals surface area contributed by atoms with E-state index >= 15 is 0 Å². The predicted molar refractivity (Wildman–Crippen MR) is 117 cm³/mol. The van der Waals surface area contributed by atoms with Gasteiger partial charge in [0.25, 0.3) is 0 Å². The van der Waals surface area contributed by atoms with Crippen molar-refractivity contribution in [2.45, 2.75) is 10.2 Å². The summed E-state index contributed by atoms with van der Waals surface area (Å²) in [5.41, 5.74) is 5.49. The maximum atomic E-state index is 2.29. The number of benzene rings is 4. The predicted octanol–water partition coefficient (Wildman–Crippen LogP) is 5.40. The van der Waals surface area contributed by atoms with Gasteiger partial charge in [0, 0.05) is 0 Å². The van der Waals surface area contributed by atoms with Gasteiger partial charge in [0.15, 0.2) is 0 Å². The molecule has 0 bridgehead atoms. The second kappa shape index (κ2) is 7.98. The van der Waals surface area contributed by atoms with Gasteiger partial charge in [0.2, 0.25) is 0 Å². The second-order valence-corrected chi connectivity index (χ2v) is 9.30. The van der Waals surface area contributed by atoms with E-state index in [1.807, 2.05) is 0 Å². The van der Waals surface area contributed by atoms with Crippen LogP contribution in [0.2, 0.25) is 0 Å². The third-order valence-corrected chi connectivity index (χ3v) is 7.91. The molecule has 0 atom stereocenters. The van der Waals surface area contributed by atoms with Crippen LogP contribution in [0.25, 0.3) is 0 Å². The molecule has 0 nitrogen and oxygen atoms in total. The zero-order valence-corrected chi connectivity index (χ0v) is 18.3. The van der Waals surface area contributed by atoms with Gasteiger partial charge < -0.3 is 0 Å². The van der Waals surface area contributed by atoms with Crippen molar-refractivity contribution < 1.29 is 0 Å². The monoisotopic (exact) mass is 409 g/mol. The maximum absolute atomic E-state index is 2.29. The van der Waals surface area contributed by atoms with Gasteiger partial charge in [-0.15, -0.1) is 0 Å². The van der Waals surface area contributed by atoms with Crippen molar-refractivity contribution in [3.8, 4) is 0 Å². The van der Waals surface area contributed by atoms with Crippen molar-refractivity contribution in [1.29, 1.82) is 0 Å². The van der Waals surface area contributed by atoms with E-state index in [4.69, 9.17) is 0 Å². The third-order valence-electron chi connectivity index (χ3n) is 5.34.